The molecule has 0 spiro atoms. The summed E-state index contributed by atoms with van der Waals surface area (Å²) in [4.78, 5) is 2.12. The highest BCUT2D eigenvalue weighted by Gasteiger charge is 2.28. The number of rotatable bonds is 6. The van der Waals surface area contributed by atoms with Gasteiger partial charge in [-0.15, -0.1) is 0 Å². The van der Waals surface area contributed by atoms with Gasteiger partial charge in [-0.3, -0.25) is 0 Å². The predicted molar refractivity (Wildman–Crippen MR) is 78.7 cm³/mol. The first-order valence-electron chi connectivity index (χ1n) is 6.49. The van der Waals surface area contributed by atoms with Gasteiger partial charge in [0.1, 0.15) is 0 Å². The lowest BCUT2D eigenvalue weighted by molar-refractivity contribution is 0.271. The summed E-state index contributed by atoms with van der Waals surface area (Å²) in [6.45, 7) is 4.74. The average Bonchev–Trinajstić information content (AvgIpc) is 2.38. The van der Waals surface area contributed by atoms with Crippen LogP contribution in [0.2, 0.25) is 0 Å². The van der Waals surface area contributed by atoms with E-state index in [1.807, 2.05) is 38.9 Å². The van der Waals surface area contributed by atoms with Crippen molar-refractivity contribution in [3.63, 3.8) is 0 Å². The molecular formula is C14H21N3O2S. The van der Waals surface area contributed by atoms with Crippen molar-refractivity contribution < 1.29 is 8.42 Å². The fraction of sp³-hybridized carbons (Fsp3) is 0.500. The van der Waals surface area contributed by atoms with Crippen molar-refractivity contribution in [2.45, 2.75) is 24.8 Å². The minimum atomic E-state index is -3.57. The molecule has 0 radical (unpaired) electrons. The summed E-state index contributed by atoms with van der Waals surface area (Å²) in [5, 5.41) is 8.89. The fourth-order valence-electron chi connectivity index (χ4n) is 2.20. The van der Waals surface area contributed by atoms with Crippen molar-refractivity contribution in [1.29, 1.82) is 5.26 Å². The second-order valence-electron chi connectivity index (χ2n) is 4.96. The molecule has 6 heteroatoms. The zero-order chi connectivity index (χ0) is 15.3. The van der Waals surface area contributed by atoms with E-state index in [-0.39, 0.29) is 10.9 Å². The van der Waals surface area contributed by atoms with E-state index in [1.54, 1.807) is 12.1 Å². The Morgan fingerprint density at radius 1 is 1.35 bits per heavy atom. The number of nitrogens with zero attached hydrogens (tertiary/aromatic N) is 3. The van der Waals surface area contributed by atoms with Crippen molar-refractivity contribution in [1.82, 2.24) is 9.21 Å². The molecule has 1 aromatic rings. The lowest BCUT2D eigenvalue weighted by Crippen LogP contribution is -2.43. The first kappa shape index (κ1) is 16.6. The standard InChI is InChI=1S/C14H21N3O2S/c1-5-17(12(2)11-16(3)4)20(18,19)14-8-6-7-13(9-14)10-15/h6-9,12H,5,11H2,1-4H3. The maximum atomic E-state index is 12.7. The van der Waals surface area contributed by atoms with Crippen molar-refractivity contribution >= 4 is 10.0 Å². The average molecular weight is 295 g/mol. The van der Waals surface area contributed by atoms with Crippen molar-refractivity contribution in [3.8, 4) is 6.07 Å². The van der Waals surface area contributed by atoms with Crippen molar-refractivity contribution in [3.05, 3.63) is 29.8 Å². The second kappa shape index (κ2) is 6.84. The first-order valence-corrected chi connectivity index (χ1v) is 7.93. The molecule has 0 aliphatic heterocycles. The van der Waals surface area contributed by atoms with Gasteiger partial charge in [0.2, 0.25) is 10.0 Å². The molecule has 0 bridgehead atoms. The van der Waals surface area contributed by atoms with Crippen LogP contribution in [0, 0.1) is 11.3 Å². The van der Waals surface area contributed by atoms with Crippen LogP contribution >= 0.6 is 0 Å². The van der Waals surface area contributed by atoms with Gasteiger partial charge in [0.05, 0.1) is 16.5 Å². The third kappa shape index (κ3) is 3.79. The normalized spacial score (nSPS) is 13.4. The minimum Gasteiger partial charge on any atom is -0.308 e. The molecule has 0 fully saturated rings. The lowest BCUT2D eigenvalue weighted by Gasteiger charge is -2.29. The summed E-state index contributed by atoms with van der Waals surface area (Å²) >= 11 is 0. The molecule has 0 N–H and O–H groups in total. The number of sulfonamides is 1. The molecule has 1 aromatic carbocycles. The van der Waals surface area contributed by atoms with Crippen LogP contribution in [0.15, 0.2) is 29.2 Å². The SMILES string of the molecule is CCN(C(C)CN(C)C)S(=O)(=O)c1cccc(C#N)c1. The number of likely N-dealkylation sites (N-methyl/N-ethyl adjacent to an activating group) is 2. The van der Waals surface area contributed by atoms with E-state index in [0.29, 0.717) is 18.7 Å². The Labute approximate surface area is 121 Å². The maximum absolute atomic E-state index is 12.7. The van der Waals surface area contributed by atoms with E-state index in [4.69, 9.17) is 5.26 Å². The lowest BCUT2D eigenvalue weighted by atomic mass is 10.2. The fourth-order valence-corrected chi connectivity index (χ4v) is 3.88. The quantitative estimate of drug-likeness (QED) is 0.798. The summed E-state index contributed by atoms with van der Waals surface area (Å²) in [7, 11) is 0.247. The van der Waals surface area contributed by atoms with Crippen LogP contribution in [-0.4, -0.2) is 50.8 Å². The van der Waals surface area contributed by atoms with Gasteiger partial charge in [-0.05, 0) is 39.2 Å². The van der Waals surface area contributed by atoms with Crippen LogP contribution in [0.3, 0.4) is 0 Å². The van der Waals surface area contributed by atoms with Gasteiger partial charge in [-0.2, -0.15) is 9.57 Å². The Balaban J connectivity index is 3.15. The highest BCUT2D eigenvalue weighted by molar-refractivity contribution is 7.89. The smallest absolute Gasteiger partial charge is 0.243 e. The van der Waals surface area contributed by atoms with Crippen LogP contribution in [-0.2, 0) is 10.0 Å². The Morgan fingerprint density at radius 2 is 2.00 bits per heavy atom. The number of hydrogen-bond donors (Lipinski definition) is 0. The van der Waals surface area contributed by atoms with Gasteiger partial charge in [0.25, 0.3) is 0 Å². The molecule has 0 aliphatic carbocycles. The van der Waals surface area contributed by atoms with Gasteiger partial charge in [0.15, 0.2) is 0 Å². The third-order valence-electron chi connectivity index (χ3n) is 3.00. The van der Waals surface area contributed by atoms with Gasteiger partial charge < -0.3 is 4.90 Å². The van der Waals surface area contributed by atoms with Gasteiger partial charge in [-0.1, -0.05) is 13.0 Å². The second-order valence-corrected chi connectivity index (χ2v) is 6.85. The van der Waals surface area contributed by atoms with Crippen LogP contribution in [0.1, 0.15) is 19.4 Å². The minimum absolute atomic E-state index is 0.134. The number of benzene rings is 1. The van der Waals surface area contributed by atoms with E-state index >= 15 is 0 Å². The van der Waals surface area contributed by atoms with Crippen molar-refractivity contribution in [2.24, 2.45) is 0 Å². The van der Waals surface area contributed by atoms with E-state index < -0.39 is 10.0 Å². The zero-order valence-electron chi connectivity index (χ0n) is 12.4. The first-order chi connectivity index (χ1) is 9.32. The summed E-state index contributed by atoms with van der Waals surface area (Å²) in [6.07, 6.45) is 0. The summed E-state index contributed by atoms with van der Waals surface area (Å²) < 4.78 is 26.8. The maximum Gasteiger partial charge on any atom is 0.243 e. The topological polar surface area (TPSA) is 64.4 Å². The molecule has 20 heavy (non-hydrogen) atoms. The molecule has 110 valence electrons. The molecular weight excluding hydrogens is 274 g/mol. The largest absolute Gasteiger partial charge is 0.308 e. The molecule has 0 saturated carbocycles. The molecule has 5 nitrogen and oxygen atoms in total. The van der Waals surface area contributed by atoms with Crippen LogP contribution in [0.5, 0.6) is 0 Å². The number of nitriles is 1. The van der Waals surface area contributed by atoms with Crippen LogP contribution in [0.4, 0.5) is 0 Å². The van der Waals surface area contributed by atoms with Crippen LogP contribution in [0.25, 0.3) is 0 Å². The summed E-state index contributed by atoms with van der Waals surface area (Å²) in [5.41, 5.74) is 0.349. The van der Waals surface area contributed by atoms with Gasteiger partial charge in [0, 0.05) is 19.1 Å². The molecule has 1 atom stereocenters. The summed E-state index contributed by atoms with van der Waals surface area (Å²) in [6, 6.07) is 7.97. The van der Waals surface area contributed by atoms with Crippen molar-refractivity contribution in [2.75, 3.05) is 27.2 Å². The zero-order valence-corrected chi connectivity index (χ0v) is 13.2. The molecule has 1 rings (SSSR count). The third-order valence-corrected chi connectivity index (χ3v) is 5.09. The summed E-state index contributed by atoms with van der Waals surface area (Å²) in [5.74, 6) is 0. The molecule has 0 aromatic heterocycles. The van der Waals surface area contributed by atoms with E-state index in [1.165, 1.54) is 16.4 Å². The van der Waals surface area contributed by atoms with E-state index in [2.05, 4.69) is 0 Å². The van der Waals surface area contributed by atoms with Gasteiger partial charge >= 0.3 is 0 Å². The predicted octanol–water partition coefficient (Wildman–Crippen LogP) is 1.52. The Hall–Kier alpha value is -1.42. The number of hydrogen-bond acceptors (Lipinski definition) is 4. The Kier molecular flexibility index (Phi) is 5.69. The Morgan fingerprint density at radius 3 is 2.50 bits per heavy atom. The molecule has 0 heterocycles. The highest BCUT2D eigenvalue weighted by Crippen LogP contribution is 2.19. The molecule has 0 aliphatic rings. The van der Waals surface area contributed by atoms with Crippen LogP contribution < -0.4 is 0 Å². The van der Waals surface area contributed by atoms with E-state index in [9.17, 15) is 8.42 Å². The van der Waals surface area contributed by atoms with E-state index in [0.717, 1.165) is 0 Å². The molecule has 1 unspecified atom stereocenters. The monoisotopic (exact) mass is 295 g/mol. The highest BCUT2D eigenvalue weighted by atomic mass is 32.2. The van der Waals surface area contributed by atoms with Gasteiger partial charge in [-0.25, -0.2) is 8.42 Å². The Bertz CT molecular complexity index is 591. The molecule has 0 amide bonds. The molecule has 0 saturated heterocycles.